The second-order valence-corrected chi connectivity index (χ2v) is 3.16. The van der Waals surface area contributed by atoms with Gasteiger partial charge in [-0.05, 0) is 31.0 Å². The van der Waals surface area contributed by atoms with Crippen molar-refractivity contribution in [1.82, 2.24) is 4.98 Å². The average Bonchev–Trinajstić information content (AvgIpc) is 2.38. The molecule has 0 aliphatic rings. The number of aromatic nitrogens is 1. The SMILES string of the molecule is [2H]Cc1ccnc(-c2ccccc2)c1C[2H]. The second-order valence-electron chi connectivity index (χ2n) is 3.16. The molecule has 0 fully saturated rings. The van der Waals surface area contributed by atoms with Gasteiger partial charge in [0.05, 0.1) is 5.69 Å². The Morgan fingerprint density at radius 2 is 1.93 bits per heavy atom. The molecule has 0 bridgehead atoms. The zero-order valence-electron chi connectivity index (χ0n) is 9.90. The molecular weight excluding hydrogens is 170 g/mol. The third kappa shape index (κ3) is 1.53. The molecule has 0 amide bonds. The highest BCUT2D eigenvalue weighted by Gasteiger charge is 2.03. The monoisotopic (exact) mass is 185 g/mol. The maximum absolute atomic E-state index is 7.55. The minimum absolute atomic E-state index is 0.173. The predicted octanol–water partition coefficient (Wildman–Crippen LogP) is 3.37. The van der Waals surface area contributed by atoms with Crippen LogP contribution in [0, 0.1) is 13.8 Å². The number of hydrogen-bond acceptors (Lipinski definition) is 1. The molecule has 14 heavy (non-hydrogen) atoms. The molecule has 1 heterocycles. The molecule has 2 aromatic rings. The summed E-state index contributed by atoms with van der Waals surface area (Å²) in [5.74, 6) is 0. The smallest absolute Gasteiger partial charge is 0.0733 e. The molecule has 0 radical (unpaired) electrons. The molecule has 0 N–H and O–H groups in total. The number of aryl methyl sites for hydroxylation is 1. The first-order valence-electron chi connectivity index (χ1n) is 5.89. The third-order valence-corrected chi connectivity index (χ3v) is 2.20. The van der Waals surface area contributed by atoms with Gasteiger partial charge in [-0.25, -0.2) is 0 Å². The maximum Gasteiger partial charge on any atom is 0.0733 e. The van der Waals surface area contributed by atoms with Crippen LogP contribution >= 0.6 is 0 Å². The Bertz CT molecular complexity index is 469. The van der Waals surface area contributed by atoms with E-state index in [1.807, 2.05) is 36.4 Å². The van der Waals surface area contributed by atoms with E-state index in [1.54, 1.807) is 6.20 Å². The molecule has 0 saturated carbocycles. The molecule has 1 aromatic heterocycles. The Morgan fingerprint density at radius 3 is 2.64 bits per heavy atom. The van der Waals surface area contributed by atoms with E-state index in [9.17, 15) is 0 Å². The van der Waals surface area contributed by atoms with Gasteiger partial charge in [0, 0.05) is 14.5 Å². The van der Waals surface area contributed by atoms with E-state index in [2.05, 4.69) is 4.98 Å². The van der Waals surface area contributed by atoms with Crippen LogP contribution in [0.25, 0.3) is 11.3 Å². The van der Waals surface area contributed by atoms with E-state index >= 15 is 0 Å². The molecule has 0 unspecified atom stereocenters. The summed E-state index contributed by atoms with van der Waals surface area (Å²) in [7, 11) is 0. The third-order valence-electron chi connectivity index (χ3n) is 2.20. The summed E-state index contributed by atoms with van der Waals surface area (Å²) in [5.41, 5.74) is 3.60. The van der Waals surface area contributed by atoms with E-state index in [-0.39, 0.29) is 13.8 Å². The first-order valence-corrected chi connectivity index (χ1v) is 4.47. The largest absolute Gasteiger partial charge is 0.256 e. The first kappa shape index (κ1) is 6.77. The van der Waals surface area contributed by atoms with Crippen molar-refractivity contribution >= 4 is 0 Å². The number of rotatable bonds is 1. The minimum atomic E-state index is 0.173. The van der Waals surface area contributed by atoms with Crippen LogP contribution in [0.1, 0.15) is 13.9 Å². The van der Waals surface area contributed by atoms with Gasteiger partial charge in [-0.1, -0.05) is 30.3 Å². The Morgan fingerprint density at radius 1 is 1.07 bits per heavy atom. The van der Waals surface area contributed by atoms with Crippen molar-refractivity contribution in [3.8, 4) is 11.3 Å². The fraction of sp³-hybridized carbons (Fsp3) is 0.154. The maximum atomic E-state index is 7.55. The molecule has 0 aliphatic carbocycles. The van der Waals surface area contributed by atoms with Crippen LogP contribution in [0.15, 0.2) is 42.6 Å². The number of pyridine rings is 1. The Labute approximate surface area is 87.2 Å². The molecule has 2 rings (SSSR count). The Hall–Kier alpha value is -1.63. The van der Waals surface area contributed by atoms with Crippen LogP contribution < -0.4 is 0 Å². The molecule has 1 aromatic carbocycles. The number of benzene rings is 1. The molecule has 0 aliphatic heterocycles. The lowest BCUT2D eigenvalue weighted by atomic mass is 10.0. The highest BCUT2D eigenvalue weighted by atomic mass is 14.7. The second kappa shape index (κ2) is 3.62. The van der Waals surface area contributed by atoms with Crippen molar-refractivity contribution < 1.29 is 2.74 Å². The lowest BCUT2D eigenvalue weighted by Crippen LogP contribution is -1.90. The van der Waals surface area contributed by atoms with Crippen LogP contribution in [-0.4, -0.2) is 4.98 Å². The van der Waals surface area contributed by atoms with Crippen molar-refractivity contribution in [1.29, 1.82) is 0 Å². The number of hydrogen-bond donors (Lipinski definition) is 0. The van der Waals surface area contributed by atoms with E-state index in [1.165, 1.54) is 0 Å². The van der Waals surface area contributed by atoms with Gasteiger partial charge in [0.25, 0.3) is 0 Å². The molecule has 1 nitrogen and oxygen atoms in total. The van der Waals surface area contributed by atoms with Crippen molar-refractivity contribution in [3.05, 3.63) is 53.7 Å². The summed E-state index contributed by atoms with van der Waals surface area (Å²) in [6.07, 6.45) is 1.71. The summed E-state index contributed by atoms with van der Waals surface area (Å²) in [5, 5.41) is 0. The molecule has 0 saturated heterocycles. The van der Waals surface area contributed by atoms with Crippen LogP contribution in [0.3, 0.4) is 0 Å². The van der Waals surface area contributed by atoms with Crippen molar-refractivity contribution in [2.24, 2.45) is 0 Å². The Kier molecular flexibility index (Phi) is 1.75. The van der Waals surface area contributed by atoms with Crippen molar-refractivity contribution in [3.63, 3.8) is 0 Å². The molecular formula is C13H13N. The van der Waals surface area contributed by atoms with E-state index < -0.39 is 0 Å². The van der Waals surface area contributed by atoms with E-state index in [4.69, 9.17) is 2.74 Å². The van der Waals surface area contributed by atoms with E-state index in [0.29, 0.717) is 0 Å². The molecule has 0 atom stereocenters. The van der Waals surface area contributed by atoms with Gasteiger partial charge >= 0.3 is 0 Å². The van der Waals surface area contributed by atoms with Gasteiger partial charge in [0.15, 0.2) is 0 Å². The minimum Gasteiger partial charge on any atom is -0.256 e. The lowest BCUT2D eigenvalue weighted by molar-refractivity contribution is 1.22. The fourth-order valence-electron chi connectivity index (χ4n) is 1.38. The van der Waals surface area contributed by atoms with Crippen LogP contribution in [-0.2, 0) is 0 Å². The summed E-state index contributed by atoms with van der Waals surface area (Å²) in [6.45, 7) is 0.378. The molecule has 0 spiro atoms. The van der Waals surface area contributed by atoms with Gasteiger partial charge in [0.2, 0.25) is 0 Å². The van der Waals surface area contributed by atoms with Crippen LogP contribution in [0.2, 0.25) is 0 Å². The van der Waals surface area contributed by atoms with Crippen molar-refractivity contribution in [2.45, 2.75) is 13.8 Å². The first-order chi connectivity index (χ1) is 7.86. The lowest BCUT2D eigenvalue weighted by Gasteiger charge is -2.06. The fourth-order valence-corrected chi connectivity index (χ4v) is 1.38. The van der Waals surface area contributed by atoms with Crippen LogP contribution in [0.4, 0.5) is 0 Å². The summed E-state index contributed by atoms with van der Waals surface area (Å²) >= 11 is 0. The van der Waals surface area contributed by atoms with E-state index in [0.717, 1.165) is 22.4 Å². The summed E-state index contributed by atoms with van der Waals surface area (Å²) in [6, 6.07) is 11.7. The average molecular weight is 185 g/mol. The highest BCUT2D eigenvalue weighted by molar-refractivity contribution is 5.63. The number of nitrogens with zero attached hydrogens (tertiary/aromatic N) is 1. The van der Waals surface area contributed by atoms with Gasteiger partial charge in [0.1, 0.15) is 0 Å². The summed E-state index contributed by atoms with van der Waals surface area (Å²) in [4.78, 5) is 4.33. The normalized spacial score (nSPS) is 12.0. The topological polar surface area (TPSA) is 12.9 Å². The van der Waals surface area contributed by atoms with Gasteiger partial charge in [-0.3, -0.25) is 4.98 Å². The van der Waals surface area contributed by atoms with Gasteiger partial charge in [-0.15, -0.1) is 0 Å². The zero-order chi connectivity index (χ0) is 11.4. The summed E-state index contributed by atoms with van der Waals surface area (Å²) < 4.78 is 15.0. The van der Waals surface area contributed by atoms with Gasteiger partial charge in [-0.2, -0.15) is 0 Å². The Balaban J connectivity index is 2.57. The zero-order valence-corrected chi connectivity index (χ0v) is 7.90. The highest BCUT2D eigenvalue weighted by Crippen LogP contribution is 2.21. The predicted molar refractivity (Wildman–Crippen MR) is 59.1 cm³/mol. The quantitative estimate of drug-likeness (QED) is 0.663. The van der Waals surface area contributed by atoms with Gasteiger partial charge < -0.3 is 0 Å². The van der Waals surface area contributed by atoms with Crippen molar-refractivity contribution in [2.75, 3.05) is 0 Å². The standard InChI is InChI=1S/C13H13N/c1-10-8-9-14-13(11(10)2)12-6-4-3-5-7-12/h3-9H,1-2H3/i1D,2D. The van der Waals surface area contributed by atoms with Crippen LogP contribution in [0.5, 0.6) is 0 Å². The molecule has 70 valence electrons. The molecule has 1 heteroatoms.